The minimum absolute atomic E-state index is 0.374. The summed E-state index contributed by atoms with van der Waals surface area (Å²) in [6.45, 7) is 0. The van der Waals surface area contributed by atoms with Gasteiger partial charge in [-0.2, -0.15) is 0 Å². The third-order valence-electron chi connectivity index (χ3n) is 2.61. The van der Waals surface area contributed by atoms with E-state index in [0.29, 0.717) is 5.28 Å². The monoisotopic (exact) mass is 311 g/mol. The molecule has 6 heteroatoms. The number of hydrogen-bond donors (Lipinski definition) is 0. The molecule has 0 amide bonds. The average molecular weight is 313 g/mol. The van der Waals surface area contributed by atoms with Crippen molar-refractivity contribution in [1.29, 1.82) is 0 Å². The molecule has 0 aliphatic heterocycles. The lowest BCUT2D eigenvalue weighted by Gasteiger charge is -2.01. The van der Waals surface area contributed by atoms with Crippen molar-refractivity contribution in [2.45, 2.75) is 0 Å². The van der Waals surface area contributed by atoms with Gasteiger partial charge in [0.1, 0.15) is 5.75 Å². The molecule has 0 aliphatic carbocycles. The van der Waals surface area contributed by atoms with Gasteiger partial charge in [0.25, 0.3) is 0 Å². The van der Waals surface area contributed by atoms with Crippen molar-refractivity contribution in [3.8, 4) is 5.75 Å². The van der Waals surface area contributed by atoms with Gasteiger partial charge in [0.05, 0.1) is 22.5 Å². The van der Waals surface area contributed by atoms with Gasteiger partial charge in [0, 0.05) is 12.4 Å². The smallest absolute Gasteiger partial charge is 0.208 e. The third-order valence-corrected chi connectivity index (χ3v) is 3.68. The SMILES string of the molecule is COc1ccnc2c1c(Br)c1ccnc(Cl)n12. The van der Waals surface area contributed by atoms with Gasteiger partial charge in [0.15, 0.2) is 5.65 Å². The van der Waals surface area contributed by atoms with E-state index in [0.717, 1.165) is 26.8 Å². The second kappa shape index (κ2) is 3.85. The van der Waals surface area contributed by atoms with Crippen molar-refractivity contribution in [3.05, 3.63) is 34.3 Å². The van der Waals surface area contributed by atoms with Crippen LogP contribution < -0.4 is 4.74 Å². The lowest BCUT2D eigenvalue weighted by atomic mass is 10.3. The van der Waals surface area contributed by atoms with Crippen molar-refractivity contribution < 1.29 is 4.74 Å². The number of nitrogens with zero attached hydrogens (tertiary/aromatic N) is 3. The highest BCUT2D eigenvalue weighted by atomic mass is 79.9. The zero-order chi connectivity index (χ0) is 12.0. The molecule has 0 aromatic carbocycles. The summed E-state index contributed by atoms with van der Waals surface area (Å²) in [4.78, 5) is 8.38. The Hall–Kier alpha value is -1.33. The first-order chi connectivity index (χ1) is 8.24. The number of rotatable bonds is 1. The number of ether oxygens (including phenoxy) is 1. The van der Waals surface area contributed by atoms with Crippen LogP contribution in [-0.4, -0.2) is 21.5 Å². The Kier molecular flexibility index (Phi) is 2.45. The average Bonchev–Trinajstić information content (AvgIpc) is 2.65. The Morgan fingerprint density at radius 2 is 2.06 bits per heavy atom. The van der Waals surface area contributed by atoms with Crippen LogP contribution in [0.5, 0.6) is 5.75 Å². The predicted molar refractivity (Wildman–Crippen MR) is 69.8 cm³/mol. The topological polar surface area (TPSA) is 39.4 Å². The van der Waals surface area contributed by atoms with E-state index in [2.05, 4.69) is 25.9 Å². The van der Waals surface area contributed by atoms with Gasteiger partial charge >= 0.3 is 0 Å². The Morgan fingerprint density at radius 1 is 1.29 bits per heavy atom. The first-order valence-corrected chi connectivity index (χ1v) is 6.04. The fourth-order valence-corrected chi connectivity index (χ4v) is 2.79. The first-order valence-electron chi connectivity index (χ1n) is 4.87. The molecule has 17 heavy (non-hydrogen) atoms. The minimum Gasteiger partial charge on any atom is -0.496 e. The van der Waals surface area contributed by atoms with Gasteiger partial charge in [-0.05, 0) is 39.7 Å². The highest BCUT2D eigenvalue weighted by Gasteiger charge is 2.16. The van der Waals surface area contributed by atoms with Crippen LogP contribution in [0.3, 0.4) is 0 Å². The second-order valence-electron chi connectivity index (χ2n) is 3.46. The van der Waals surface area contributed by atoms with Crippen molar-refractivity contribution in [1.82, 2.24) is 14.4 Å². The Labute approximate surface area is 110 Å². The van der Waals surface area contributed by atoms with Crippen molar-refractivity contribution >= 4 is 44.1 Å². The number of fused-ring (bicyclic) bond motifs is 3. The number of halogens is 2. The summed E-state index contributed by atoms with van der Waals surface area (Å²) in [7, 11) is 1.63. The van der Waals surface area contributed by atoms with E-state index in [1.165, 1.54) is 0 Å². The van der Waals surface area contributed by atoms with Crippen molar-refractivity contribution in [3.63, 3.8) is 0 Å². The van der Waals surface area contributed by atoms with Crippen LogP contribution in [0.15, 0.2) is 29.0 Å². The van der Waals surface area contributed by atoms with E-state index in [1.807, 2.05) is 12.1 Å². The molecule has 3 aromatic rings. The van der Waals surface area contributed by atoms with Crippen LogP contribution in [0, 0.1) is 0 Å². The molecule has 0 spiro atoms. The quantitative estimate of drug-likeness (QED) is 0.647. The van der Waals surface area contributed by atoms with Gasteiger partial charge in [-0.3, -0.25) is 4.40 Å². The van der Waals surface area contributed by atoms with Gasteiger partial charge in [-0.15, -0.1) is 0 Å². The second-order valence-corrected chi connectivity index (χ2v) is 4.59. The maximum Gasteiger partial charge on any atom is 0.208 e. The molecule has 4 nitrogen and oxygen atoms in total. The van der Waals surface area contributed by atoms with Crippen LogP contribution in [0.25, 0.3) is 16.6 Å². The predicted octanol–water partition coefficient (Wildman–Crippen LogP) is 3.31. The molecule has 0 atom stereocenters. The molecule has 0 fully saturated rings. The van der Waals surface area contributed by atoms with Crippen LogP contribution in [0.4, 0.5) is 0 Å². The fourth-order valence-electron chi connectivity index (χ4n) is 1.88. The Morgan fingerprint density at radius 3 is 2.82 bits per heavy atom. The van der Waals surface area contributed by atoms with E-state index in [4.69, 9.17) is 16.3 Å². The lowest BCUT2D eigenvalue weighted by molar-refractivity contribution is 0.419. The zero-order valence-corrected chi connectivity index (χ0v) is 11.2. The van der Waals surface area contributed by atoms with Gasteiger partial charge in [0.2, 0.25) is 5.28 Å². The molecule has 0 unspecified atom stereocenters. The number of aromatic nitrogens is 3. The molecule has 0 bridgehead atoms. The molecule has 3 heterocycles. The van der Waals surface area contributed by atoms with Crippen LogP contribution >= 0.6 is 27.5 Å². The largest absolute Gasteiger partial charge is 0.496 e. The standard InChI is InChI=1S/C11H7BrClN3O/c1-17-7-3-5-14-10-8(7)9(12)6-2-4-15-11(13)16(6)10/h2-5H,1H3. The van der Waals surface area contributed by atoms with E-state index >= 15 is 0 Å². The number of hydrogen-bond acceptors (Lipinski definition) is 3. The summed E-state index contributed by atoms with van der Waals surface area (Å²) < 4.78 is 8.02. The molecular formula is C11H7BrClN3O. The fraction of sp³-hybridized carbons (Fsp3) is 0.0909. The molecule has 0 radical (unpaired) electrons. The first kappa shape index (κ1) is 10.8. The highest BCUT2D eigenvalue weighted by molar-refractivity contribution is 9.10. The van der Waals surface area contributed by atoms with Gasteiger partial charge < -0.3 is 4.74 Å². The van der Waals surface area contributed by atoms with Crippen molar-refractivity contribution in [2.24, 2.45) is 0 Å². The summed E-state index contributed by atoms with van der Waals surface area (Å²) in [6.07, 6.45) is 3.34. The summed E-state index contributed by atoms with van der Waals surface area (Å²) in [5.41, 5.74) is 1.64. The third kappa shape index (κ3) is 1.42. The molecule has 86 valence electrons. The minimum atomic E-state index is 0.374. The summed E-state index contributed by atoms with van der Waals surface area (Å²) >= 11 is 9.65. The molecule has 3 aromatic heterocycles. The highest BCUT2D eigenvalue weighted by Crippen LogP contribution is 2.37. The molecule has 0 saturated carbocycles. The summed E-state index contributed by atoms with van der Waals surface area (Å²) in [5.74, 6) is 0.752. The number of pyridine rings is 1. The molecule has 0 aliphatic rings. The normalized spacial score (nSPS) is 11.2. The number of methoxy groups -OCH3 is 1. The Bertz CT molecular complexity index is 725. The van der Waals surface area contributed by atoms with Crippen LogP contribution in [-0.2, 0) is 0 Å². The molecule has 3 rings (SSSR count). The lowest BCUT2D eigenvalue weighted by Crippen LogP contribution is -1.91. The zero-order valence-electron chi connectivity index (χ0n) is 8.82. The maximum absolute atomic E-state index is 6.10. The van der Waals surface area contributed by atoms with E-state index in [-0.39, 0.29) is 0 Å². The molecule has 0 N–H and O–H groups in total. The van der Waals surface area contributed by atoms with Crippen LogP contribution in [0.2, 0.25) is 5.28 Å². The van der Waals surface area contributed by atoms with E-state index < -0.39 is 0 Å². The van der Waals surface area contributed by atoms with Crippen LogP contribution in [0.1, 0.15) is 0 Å². The summed E-state index contributed by atoms with van der Waals surface area (Å²) in [6, 6.07) is 3.69. The summed E-state index contributed by atoms with van der Waals surface area (Å²) in [5, 5.41) is 1.27. The van der Waals surface area contributed by atoms with Gasteiger partial charge in [-0.25, -0.2) is 9.97 Å². The molecular weight excluding hydrogens is 305 g/mol. The molecule has 0 saturated heterocycles. The van der Waals surface area contributed by atoms with E-state index in [1.54, 1.807) is 23.9 Å². The van der Waals surface area contributed by atoms with Gasteiger partial charge in [-0.1, -0.05) is 0 Å². The van der Waals surface area contributed by atoms with E-state index in [9.17, 15) is 0 Å². The van der Waals surface area contributed by atoms with Crippen molar-refractivity contribution in [2.75, 3.05) is 7.11 Å². The Balaban J connectivity index is 2.64. The maximum atomic E-state index is 6.10.